The number of nitrogens with one attached hydrogen (secondary N) is 4. The fraction of sp³-hybridized carbons (Fsp3) is 0.222. The van der Waals surface area contributed by atoms with Crippen molar-refractivity contribution in [3.05, 3.63) is 176 Å². The Hall–Kier alpha value is -6.88. The first kappa shape index (κ1) is 52.4. The maximum atomic E-state index is 14.2. The third-order valence-corrected chi connectivity index (χ3v) is 12.7. The van der Waals surface area contributed by atoms with Crippen LogP contribution in [0.15, 0.2) is 116 Å². The molecule has 2 aromatic heterocycles. The summed E-state index contributed by atoms with van der Waals surface area (Å²) in [6.07, 6.45) is 3.21. The largest absolute Gasteiger partial charge is 0.497 e. The fourth-order valence-corrected chi connectivity index (χ4v) is 8.83. The van der Waals surface area contributed by atoms with E-state index in [0.29, 0.717) is 83.1 Å². The second-order valence-corrected chi connectivity index (χ2v) is 19.0. The van der Waals surface area contributed by atoms with Crippen LogP contribution in [0.25, 0.3) is 21.8 Å². The van der Waals surface area contributed by atoms with Gasteiger partial charge in [-0.05, 0) is 116 Å². The van der Waals surface area contributed by atoms with Crippen molar-refractivity contribution in [2.24, 2.45) is 0 Å². The molecule has 0 aliphatic rings. The third-order valence-electron chi connectivity index (χ3n) is 11.7. The molecule has 0 fully saturated rings. The molecular weight excluding hydrogens is 1000 g/mol. The Kier molecular flexibility index (Phi) is 17.1. The van der Waals surface area contributed by atoms with Gasteiger partial charge in [0.15, 0.2) is 11.6 Å². The van der Waals surface area contributed by atoms with Gasteiger partial charge in [-0.3, -0.25) is 14.1 Å². The van der Waals surface area contributed by atoms with Crippen molar-refractivity contribution in [2.45, 2.75) is 39.8 Å². The van der Waals surface area contributed by atoms with Crippen LogP contribution >= 0.6 is 31.0 Å². The van der Waals surface area contributed by atoms with E-state index in [2.05, 4.69) is 25.1 Å². The number of aromatic nitrogens is 2. The number of carbonyl (C=O) groups is 2. The maximum Gasteiger partial charge on any atom is 0.469 e. The van der Waals surface area contributed by atoms with Gasteiger partial charge in [-0.15, -0.1) is 0 Å². The Morgan fingerprint density at radius 2 is 1.18 bits per heavy atom. The molecule has 15 nitrogen and oxygen atoms in total. The van der Waals surface area contributed by atoms with Gasteiger partial charge >= 0.3 is 7.82 Å². The third kappa shape index (κ3) is 13.6. The number of carbonyl (C=O) groups excluding carboxylic acids is 2. The fourth-order valence-electron chi connectivity index (χ4n) is 8.06. The summed E-state index contributed by atoms with van der Waals surface area (Å²) in [5.41, 5.74) is 7.83. The van der Waals surface area contributed by atoms with Gasteiger partial charge in [0, 0.05) is 103 Å². The van der Waals surface area contributed by atoms with Gasteiger partial charge in [0.1, 0.15) is 54.1 Å². The summed E-state index contributed by atoms with van der Waals surface area (Å²) in [6, 6.07) is 25.6. The van der Waals surface area contributed by atoms with E-state index >= 15 is 0 Å². The number of halogens is 3. The number of fused-ring (bicyclic) bond motifs is 2. The Balaban J connectivity index is 0.000000217. The highest BCUT2D eigenvalue weighted by Crippen LogP contribution is 2.38. The molecule has 0 aliphatic carbocycles. The lowest BCUT2D eigenvalue weighted by atomic mass is 9.93. The molecule has 2 heterocycles. The van der Waals surface area contributed by atoms with E-state index in [-0.39, 0.29) is 32.2 Å². The van der Waals surface area contributed by atoms with Crippen molar-refractivity contribution in [3.8, 4) is 23.0 Å². The van der Waals surface area contributed by atoms with E-state index in [1.54, 1.807) is 91.3 Å². The number of aliphatic hydroxyl groups is 1. The van der Waals surface area contributed by atoms with Gasteiger partial charge in [0.2, 0.25) is 0 Å². The number of ether oxygens (including phenoxy) is 4. The molecule has 19 heteroatoms. The van der Waals surface area contributed by atoms with E-state index in [9.17, 15) is 19.9 Å². The van der Waals surface area contributed by atoms with Crippen molar-refractivity contribution >= 4 is 75.8 Å². The normalized spacial score (nSPS) is 12.8. The zero-order valence-corrected chi connectivity index (χ0v) is 43.0. The van der Waals surface area contributed by atoms with Gasteiger partial charge < -0.3 is 54.4 Å². The Morgan fingerprint density at radius 3 is 1.75 bits per heavy atom. The first-order valence-electron chi connectivity index (χ1n) is 23.2. The summed E-state index contributed by atoms with van der Waals surface area (Å²) in [5, 5.41) is 17.9. The van der Waals surface area contributed by atoms with Gasteiger partial charge in [-0.25, -0.2) is 8.96 Å². The zero-order valence-electron chi connectivity index (χ0n) is 41.6. The van der Waals surface area contributed by atoms with Crippen molar-refractivity contribution < 1.29 is 58.3 Å². The number of anilines is 2. The van der Waals surface area contributed by atoms with Crippen LogP contribution in [0.2, 0.25) is 10.0 Å². The Morgan fingerprint density at radius 1 is 0.644 bits per heavy atom. The molecule has 0 radical (unpaired) electrons. The molecule has 382 valence electrons. The molecule has 8 aromatic rings. The van der Waals surface area contributed by atoms with Crippen molar-refractivity contribution in [1.82, 2.24) is 9.97 Å². The highest BCUT2D eigenvalue weighted by Gasteiger charge is 2.29. The highest BCUT2D eigenvalue weighted by molar-refractivity contribution is 7.46. The monoisotopic (exact) mass is 1060 g/mol. The second-order valence-electron chi connectivity index (χ2n) is 16.8. The number of rotatable bonds is 20. The average molecular weight is 1060 g/mol. The number of hydrogen-bond acceptors (Lipinski definition) is 11. The minimum Gasteiger partial charge on any atom is -0.497 e. The van der Waals surface area contributed by atoms with Crippen LogP contribution in [0.5, 0.6) is 23.0 Å². The number of aryl methyl sites for hydroxylation is 4. The standard InChI is InChI=1S/C28H29ClN2O4.C26H25ClFN2O7P/c1-16-10-24-25(15-30-26(24)11-17(16)2)28(33)27(23-6-5-19(29)9-18(23)3)31-20-12-21(34-4)14-22(13-20)35-8-7-32;1-15-9-16(27)3-5-21(15)25(26(31)23-14-29-24-10-17(28)4-6-22(23)24)30-18-11-19(35-2)13-20(12-18)36-7-8-37-38(32,33)34/h5-6,9-15,27,30-32H,7-8H2,1-4H3;3-6,9-14,25,29-30H,7-8H2,1-2H3,(H2,32,33,34)/i27D;. The number of Topliss-reactive ketones (excluding diaryl/α,β-unsaturated/α-hetero) is 2. The number of aliphatic hydroxyl groups excluding tert-OH is 1. The second kappa shape index (κ2) is 23.8. The van der Waals surface area contributed by atoms with Crippen LogP contribution < -0.4 is 29.6 Å². The minimum atomic E-state index is -4.62. The number of aromatic amines is 2. The molecule has 0 bridgehead atoms. The molecule has 73 heavy (non-hydrogen) atoms. The molecule has 0 saturated carbocycles. The van der Waals surface area contributed by atoms with Crippen LogP contribution in [0.1, 0.15) is 67.5 Å². The van der Waals surface area contributed by atoms with Crippen LogP contribution in [0, 0.1) is 33.5 Å². The maximum absolute atomic E-state index is 14.2. The predicted molar refractivity (Wildman–Crippen MR) is 282 cm³/mol. The zero-order chi connectivity index (χ0) is 53.5. The predicted octanol–water partition coefficient (Wildman–Crippen LogP) is 12.0. The summed E-state index contributed by atoms with van der Waals surface area (Å²) >= 11 is 12.4. The smallest absolute Gasteiger partial charge is 0.469 e. The number of benzene rings is 6. The van der Waals surface area contributed by atoms with Gasteiger partial charge in [0.05, 0.1) is 28.8 Å². The molecule has 2 unspecified atom stereocenters. The minimum absolute atomic E-state index is 0.0992. The van der Waals surface area contributed by atoms with Gasteiger partial charge in [-0.2, -0.15) is 0 Å². The molecule has 0 amide bonds. The number of ketones is 2. The summed E-state index contributed by atoms with van der Waals surface area (Å²) in [4.78, 5) is 51.9. The van der Waals surface area contributed by atoms with Crippen molar-refractivity contribution in [1.29, 1.82) is 0 Å². The number of H-pyrrole nitrogens is 2. The average Bonchev–Trinajstić information content (AvgIpc) is 3.97. The molecule has 6 aromatic carbocycles. The lowest BCUT2D eigenvalue weighted by molar-refractivity contribution is 0.0963. The van der Waals surface area contributed by atoms with Crippen molar-refractivity contribution in [3.63, 3.8) is 0 Å². The number of methoxy groups -OCH3 is 2. The molecular formula is C54H54Cl2FN4O11P. The Bertz CT molecular complexity index is 3400. The number of phosphoric acid groups is 1. The lowest BCUT2D eigenvalue weighted by Crippen LogP contribution is -2.22. The topological polar surface area (TPSA) is 214 Å². The SMILES string of the molecule is COc1cc(NC(C(=O)c2c[nH]c3cc(F)ccc23)c2ccc(Cl)cc2C)cc(OCCOP(=O)(O)O)c1.[2H]C(Nc1cc(OC)cc(OCCO)c1)(C(=O)c1c[nH]c2cc(C)c(C)cc12)c1ccc(Cl)cc1C. The molecule has 8 rings (SSSR count). The van der Waals surface area contributed by atoms with Crippen molar-refractivity contribution in [2.75, 3.05) is 51.3 Å². The van der Waals surface area contributed by atoms with Crippen LogP contribution in [0.4, 0.5) is 15.8 Å². The highest BCUT2D eigenvalue weighted by atomic mass is 35.5. The van der Waals surface area contributed by atoms with E-state index in [1.165, 1.54) is 26.4 Å². The summed E-state index contributed by atoms with van der Waals surface area (Å²) in [6.45, 7) is 7.16. The van der Waals surface area contributed by atoms with Crippen LogP contribution in [-0.2, 0) is 9.09 Å². The molecule has 7 N–H and O–H groups in total. The molecule has 2 atom stereocenters. The van der Waals surface area contributed by atoms with Gasteiger partial charge in [-0.1, -0.05) is 35.3 Å². The van der Waals surface area contributed by atoms with E-state index in [1.807, 2.05) is 39.8 Å². The lowest BCUT2D eigenvalue weighted by Gasteiger charge is -2.22. The summed E-state index contributed by atoms with van der Waals surface area (Å²) in [7, 11) is -1.63. The first-order valence-corrected chi connectivity index (χ1v) is 24.9. The van der Waals surface area contributed by atoms with Gasteiger partial charge in [0.25, 0.3) is 0 Å². The molecule has 0 spiro atoms. The summed E-state index contributed by atoms with van der Waals surface area (Å²) < 4.78 is 60.5. The van der Waals surface area contributed by atoms with Crippen LogP contribution in [-0.4, -0.2) is 77.1 Å². The molecule has 0 aliphatic heterocycles. The number of hydrogen-bond donors (Lipinski definition) is 7. The summed E-state index contributed by atoms with van der Waals surface area (Å²) in [5.74, 6) is 0.541. The first-order chi connectivity index (χ1) is 35.2. The Labute approximate surface area is 432 Å². The van der Waals surface area contributed by atoms with Crippen LogP contribution in [0.3, 0.4) is 0 Å². The quantitative estimate of drug-likeness (QED) is 0.0215. The number of phosphoric ester groups is 1. The van der Waals surface area contributed by atoms with E-state index in [4.69, 9.17) is 57.0 Å². The molecule has 0 saturated heterocycles. The van der Waals surface area contributed by atoms with E-state index in [0.717, 1.165) is 27.6 Å². The van der Waals surface area contributed by atoms with E-state index < -0.39 is 31.5 Å².